The van der Waals surface area contributed by atoms with Crippen LogP contribution >= 0.6 is 0 Å². The molecule has 0 aliphatic heterocycles. The number of fused-ring (bicyclic) bond motifs is 1. The van der Waals surface area contributed by atoms with Crippen molar-refractivity contribution < 1.29 is 0 Å². The van der Waals surface area contributed by atoms with Gasteiger partial charge in [-0.15, -0.1) is 0 Å². The Labute approximate surface area is 109 Å². The van der Waals surface area contributed by atoms with Crippen molar-refractivity contribution in [2.24, 2.45) is 5.92 Å². The van der Waals surface area contributed by atoms with Gasteiger partial charge in [0, 0.05) is 17.6 Å². The molecule has 2 unspecified atom stereocenters. The second-order valence-corrected chi connectivity index (χ2v) is 4.88. The Bertz CT molecular complexity index is 507. The maximum atomic E-state index is 4.37. The summed E-state index contributed by atoms with van der Waals surface area (Å²) in [6.45, 7) is 7.72. The van der Waals surface area contributed by atoms with Crippen LogP contribution in [0.5, 0.6) is 0 Å². The number of nitrogens with one attached hydrogen (secondary N) is 1. The van der Waals surface area contributed by atoms with E-state index in [1.54, 1.807) is 0 Å². The molecule has 1 heterocycles. The SMILES string of the molecule is CCNC(c1ccc2ncccc2c1)C(C)CC. The van der Waals surface area contributed by atoms with Gasteiger partial charge in [0.15, 0.2) is 0 Å². The van der Waals surface area contributed by atoms with Gasteiger partial charge in [-0.05, 0) is 36.2 Å². The minimum Gasteiger partial charge on any atom is -0.310 e. The smallest absolute Gasteiger partial charge is 0.0702 e. The summed E-state index contributed by atoms with van der Waals surface area (Å²) in [7, 11) is 0. The lowest BCUT2D eigenvalue weighted by molar-refractivity contribution is 0.384. The first-order valence-corrected chi connectivity index (χ1v) is 6.84. The predicted molar refractivity (Wildman–Crippen MR) is 77.6 cm³/mol. The van der Waals surface area contributed by atoms with Crippen molar-refractivity contribution in [2.75, 3.05) is 6.54 Å². The van der Waals surface area contributed by atoms with Crippen LogP contribution in [-0.2, 0) is 0 Å². The maximum Gasteiger partial charge on any atom is 0.0702 e. The number of benzene rings is 1. The molecule has 0 aliphatic carbocycles. The molecular formula is C16H22N2. The van der Waals surface area contributed by atoms with Crippen LogP contribution < -0.4 is 5.32 Å². The van der Waals surface area contributed by atoms with E-state index in [1.807, 2.05) is 12.3 Å². The van der Waals surface area contributed by atoms with E-state index < -0.39 is 0 Å². The van der Waals surface area contributed by atoms with Gasteiger partial charge in [-0.25, -0.2) is 0 Å². The predicted octanol–water partition coefficient (Wildman–Crippen LogP) is 3.93. The first-order chi connectivity index (χ1) is 8.76. The van der Waals surface area contributed by atoms with Crippen molar-refractivity contribution >= 4 is 10.9 Å². The average molecular weight is 242 g/mol. The second-order valence-electron chi connectivity index (χ2n) is 4.88. The number of hydrogen-bond donors (Lipinski definition) is 1. The monoisotopic (exact) mass is 242 g/mol. The molecule has 0 spiro atoms. The van der Waals surface area contributed by atoms with Crippen molar-refractivity contribution in [2.45, 2.75) is 33.2 Å². The molecule has 18 heavy (non-hydrogen) atoms. The Kier molecular flexibility index (Phi) is 4.32. The van der Waals surface area contributed by atoms with E-state index in [-0.39, 0.29) is 0 Å². The van der Waals surface area contributed by atoms with Gasteiger partial charge in [0.1, 0.15) is 0 Å². The molecule has 1 aromatic carbocycles. The highest BCUT2D eigenvalue weighted by Gasteiger charge is 2.16. The number of rotatable bonds is 5. The third kappa shape index (κ3) is 2.70. The average Bonchev–Trinajstić information content (AvgIpc) is 2.43. The van der Waals surface area contributed by atoms with Gasteiger partial charge in [-0.2, -0.15) is 0 Å². The summed E-state index contributed by atoms with van der Waals surface area (Å²) in [5.74, 6) is 0.638. The molecule has 2 aromatic rings. The van der Waals surface area contributed by atoms with E-state index in [2.05, 4.69) is 55.3 Å². The van der Waals surface area contributed by atoms with Gasteiger partial charge in [-0.3, -0.25) is 4.98 Å². The number of aromatic nitrogens is 1. The van der Waals surface area contributed by atoms with Crippen molar-refractivity contribution in [1.29, 1.82) is 0 Å². The van der Waals surface area contributed by atoms with E-state index in [1.165, 1.54) is 17.4 Å². The molecule has 1 N–H and O–H groups in total. The van der Waals surface area contributed by atoms with Crippen molar-refractivity contribution in [3.8, 4) is 0 Å². The van der Waals surface area contributed by atoms with Crippen LogP contribution in [0.15, 0.2) is 36.5 Å². The van der Waals surface area contributed by atoms with E-state index in [9.17, 15) is 0 Å². The molecule has 0 aliphatic rings. The van der Waals surface area contributed by atoms with Crippen molar-refractivity contribution in [3.05, 3.63) is 42.1 Å². The molecule has 0 saturated carbocycles. The molecule has 0 bridgehead atoms. The second kappa shape index (κ2) is 5.96. The zero-order valence-electron chi connectivity index (χ0n) is 11.5. The van der Waals surface area contributed by atoms with Gasteiger partial charge >= 0.3 is 0 Å². The van der Waals surface area contributed by atoms with Gasteiger partial charge in [0.2, 0.25) is 0 Å². The fourth-order valence-electron chi connectivity index (χ4n) is 2.39. The summed E-state index contributed by atoms with van der Waals surface area (Å²) in [4.78, 5) is 4.37. The largest absolute Gasteiger partial charge is 0.310 e. The first kappa shape index (κ1) is 13.0. The van der Waals surface area contributed by atoms with Crippen LogP contribution in [-0.4, -0.2) is 11.5 Å². The molecule has 0 saturated heterocycles. The summed E-state index contributed by atoms with van der Waals surface area (Å²) in [6.07, 6.45) is 3.03. The third-order valence-electron chi connectivity index (χ3n) is 3.62. The standard InChI is InChI=1S/C16H22N2/c1-4-12(3)16(17-5-2)14-8-9-15-13(11-14)7-6-10-18-15/h6-12,16-17H,4-5H2,1-3H3. The molecule has 0 fully saturated rings. The fourth-order valence-corrected chi connectivity index (χ4v) is 2.39. The van der Waals surface area contributed by atoms with E-state index in [0.29, 0.717) is 12.0 Å². The van der Waals surface area contributed by atoms with E-state index in [4.69, 9.17) is 0 Å². The summed E-state index contributed by atoms with van der Waals surface area (Å²) in [5, 5.41) is 4.82. The molecule has 2 heteroatoms. The minimum absolute atomic E-state index is 0.435. The normalized spacial score (nSPS) is 14.6. The van der Waals surface area contributed by atoms with Crippen LogP contribution in [0.25, 0.3) is 10.9 Å². The summed E-state index contributed by atoms with van der Waals surface area (Å²) in [6, 6.07) is 11.2. The molecule has 0 amide bonds. The van der Waals surface area contributed by atoms with E-state index >= 15 is 0 Å². The number of pyridine rings is 1. The van der Waals surface area contributed by atoms with Crippen molar-refractivity contribution in [1.82, 2.24) is 10.3 Å². The molecule has 2 atom stereocenters. The van der Waals surface area contributed by atoms with Gasteiger partial charge < -0.3 is 5.32 Å². The Hall–Kier alpha value is -1.41. The molecule has 96 valence electrons. The van der Waals surface area contributed by atoms with Crippen molar-refractivity contribution in [3.63, 3.8) is 0 Å². The van der Waals surface area contributed by atoms with Crippen LogP contribution in [0, 0.1) is 5.92 Å². The quantitative estimate of drug-likeness (QED) is 0.859. The first-order valence-electron chi connectivity index (χ1n) is 6.84. The number of nitrogens with zero attached hydrogens (tertiary/aromatic N) is 1. The highest BCUT2D eigenvalue weighted by atomic mass is 14.9. The van der Waals surface area contributed by atoms with Crippen LogP contribution in [0.2, 0.25) is 0 Å². The highest BCUT2D eigenvalue weighted by Crippen LogP contribution is 2.26. The summed E-state index contributed by atoms with van der Waals surface area (Å²) >= 11 is 0. The molecular weight excluding hydrogens is 220 g/mol. The van der Waals surface area contributed by atoms with Gasteiger partial charge in [-0.1, -0.05) is 39.3 Å². The van der Waals surface area contributed by atoms with Crippen LogP contribution in [0.1, 0.15) is 38.8 Å². The van der Waals surface area contributed by atoms with E-state index in [0.717, 1.165) is 12.1 Å². The van der Waals surface area contributed by atoms with Crippen LogP contribution in [0.4, 0.5) is 0 Å². The zero-order chi connectivity index (χ0) is 13.0. The third-order valence-corrected chi connectivity index (χ3v) is 3.62. The summed E-state index contributed by atoms with van der Waals surface area (Å²) < 4.78 is 0. The molecule has 2 rings (SSSR count). The molecule has 0 radical (unpaired) electrons. The van der Waals surface area contributed by atoms with Gasteiger partial charge in [0.05, 0.1) is 5.52 Å². The Morgan fingerprint density at radius 1 is 1.22 bits per heavy atom. The Morgan fingerprint density at radius 3 is 2.78 bits per heavy atom. The Balaban J connectivity index is 2.37. The molecule has 2 nitrogen and oxygen atoms in total. The lowest BCUT2D eigenvalue weighted by atomic mass is 9.91. The summed E-state index contributed by atoms with van der Waals surface area (Å²) in [5.41, 5.74) is 2.44. The number of hydrogen-bond acceptors (Lipinski definition) is 2. The topological polar surface area (TPSA) is 24.9 Å². The highest BCUT2D eigenvalue weighted by molar-refractivity contribution is 5.79. The lowest BCUT2D eigenvalue weighted by Crippen LogP contribution is -2.26. The zero-order valence-corrected chi connectivity index (χ0v) is 11.5. The Morgan fingerprint density at radius 2 is 2.06 bits per heavy atom. The fraction of sp³-hybridized carbons (Fsp3) is 0.438. The van der Waals surface area contributed by atoms with Crippen LogP contribution in [0.3, 0.4) is 0 Å². The lowest BCUT2D eigenvalue weighted by Gasteiger charge is -2.24. The maximum absolute atomic E-state index is 4.37. The minimum atomic E-state index is 0.435. The molecule has 1 aromatic heterocycles. The van der Waals surface area contributed by atoms with Gasteiger partial charge in [0.25, 0.3) is 0 Å².